The number of nitrogens with one attached hydrogen (secondary N) is 2. The molecule has 4 aromatic rings. The summed E-state index contributed by atoms with van der Waals surface area (Å²) in [6.45, 7) is 5.86. The molecule has 0 aliphatic carbocycles. The van der Waals surface area contributed by atoms with Crippen molar-refractivity contribution in [2.45, 2.75) is 6.92 Å². The van der Waals surface area contributed by atoms with E-state index in [0.29, 0.717) is 5.95 Å². The molecule has 0 unspecified atom stereocenters. The van der Waals surface area contributed by atoms with Crippen molar-refractivity contribution in [3.8, 4) is 11.1 Å². The van der Waals surface area contributed by atoms with E-state index in [2.05, 4.69) is 37.4 Å². The van der Waals surface area contributed by atoms with Gasteiger partial charge in [-0.05, 0) is 49.9 Å². The molecule has 5 rings (SSSR count). The van der Waals surface area contributed by atoms with Crippen molar-refractivity contribution in [1.82, 2.24) is 19.9 Å². The van der Waals surface area contributed by atoms with Crippen LogP contribution in [0.25, 0.3) is 22.0 Å². The molecular formula is C28H29N7O. The fourth-order valence-corrected chi connectivity index (χ4v) is 4.26. The Kier molecular flexibility index (Phi) is 6.86. The van der Waals surface area contributed by atoms with Crippen LogP contribution in [0.5, 0.6) is 0 Å². The van der Waals surface area contributed by atoms with Crippen LogP contribution in [0.3, 0.4) is 0 Å². The molecule has 2 aromatic heterocycles. The van der Waals surface area contributed by atoms with Gasteiger partial charge in [-0.25, -0.2) is 15.0 Å². The lowest BCUT2D eigenvalue weighted by Crippen LogP contribution is -2.44. The van der Waals surface area contributed by atoms with Gasteiger partial charge in [-0.2, -0.15) is 0 Å². The van der Waals surface area contributed by atoms with Gasteiger partial charge < -0.3 is 20.4 Å². The second-order valence-electron chi connectivity index (χ2n) is 8.83. The van der Waals surface area contributed by atoms with Gasteiger partial charge in [-0.3, -0.25) is 4.79 Å². The molecule has 0 radical (unpaired) electrons. The van der Waals surface area contributed by atoms with Crippen molar-refractivity contribution in [1.29, 1.82) is 0 Å². The van der Waals surface area contributed by atoms with Gasteiger partial charge in [-0.15, -0.1) is 0 Å². The minimum absolute atomic E-state index is 0.159. The quantitative estimate of drug-likeness (QED) is 0.388. The molecular weight excluding hydrogens is 450 g/mol. The Morgan fingerprint density at radius 3 is 2.56 bits per heavy atom. The van der Waals surface area contributed by atoms with Crippen molar-refractivity contribution in [2.24, 2.45) is 0 Å². The molecule has 182 valence electrons. The van der Waals surface area contributed by atoms with E-state index < -0.39 is 0 Å². The smallest absolute Gasteiger partial charge is 0.248 e. The molecule has 0 bridgehead atoms. The number of rotatable bonds is 6. The summed E-state index contributed by atoms with van der Waals surface area (Å²) in [7, 11) is 2.15. The van der Waals surface area contributed by atoms with Gasteiger partial charge in [0.15, 0.2) is 0 Å². The third-order valence-corrected chi connectivity index (χ3v) is 6.20. The molecule has 1 amide bonds. The third-order valence-electron chi connectivity index (χ3n) is 6.20. The van der Waals surface area contributed by atoms with Gasteiger partial charge in [-0.1, -0.05) is 36.4 Å². The lowest BCUT2D eigenvalue weighted by molar-refractivity contribution is -0.111. The lowest BCUT2D eigenvalue weighted by Gasteiger charge is -2.33. The second kappa shape index (κ2) is 10.5. The van der Waals surface area contributed by atoms with Crippen LogP contribution in [0.4, 0.5) is 23.1 Å². The number of benzene rings is 2. The first kappa shape index (κ1) is 23.4. The normalized spacial score (nSPS) is 14.3. The number of hydrogen-bond acceptors (Lipinski definition) is 7. The number of nitrogens with zero attached hydrogens (tertiary/aromatic N) is 5. The summed E-state index contributed by atoms with van der Waals surface area (Å²) in [6.07, 6.45) is 6.86. The first-order chi connectivity index (χ1) is 17.6. The van der Waals surface area contributed by atoms with Gasteiger partial charge in [0, 0.05) is 49.0 Å². The minimum Gasteiger partial charge on any atom is -0.354 e. The van der Waals surface area contributed by atoms with Crippen molar-refractivity contribution in [2.75, 3.05) is 48.8 Å². The summed E-state index contributed by atoms with van der Waals surface area (Å²) in [5.74, 6) is 1.33. The number of amides is 1. The van der Waals surface area contributed by atoms with Crippen LogP contribution in [0.15, 0.2) is 79.1 Å². The Labute approximate surface area is 210 Å². The number of piperazine rings is 1. The zero-order chi connectivity index (χ0) is 24.9. The zero-order valence-electron chi connectivity index (χ0n) is 20.5. The number of anilines is 4. The second-order valence-corrected chi connectivity index (χ2v) is 8.83. The van der Waals surface area contributed by atoms with E-state index in [1.165, 1.54) is 6.08 Å². The molecule has 0 atom stereocenters. The zero-order valence-corrected chi connectivity index (χ0v) is 20.5. The number of allylic oxidation sites excluding steroid dienone is 1. The van der Waals surface area contributed by atoms with E-state index in [0.717, 1.165) is 65.4 Å². The Morgan fingerprint density at radius 2 is 1.78 bits per heavy atom. The molecule has 8 heteroatoms. The maximum atomic E-state index is 12.0. The molecule has 8 nitrogen and oxygen atoms in total. The molecule has 36 heavy (non-hydrogen) atoms. The Bertz CT molecular complexity index is 1390. The fraction of sp³-hybridized carbons (Fsp3) is 0.214. The first-order valence-electron chi connectivity index (χ1n) is 12.1. The third kappa shape index (κ3) is 5.34. The Balaban J connectivity index is 1.38. The van der Waals surface area contributed by atoms with Crippen LogP contribution in [-0.2, 0) is 4.79 Å². The summed E-state index contributed by atoms with van der Waals surface area (Å²) in [6, 6.07) is 17.8. The molecule has 1 fully saturated rings. The number of para-hydroxylation sites is 1. The van der Waals surface area contributed by atoms with Gasteiger partial charge in [0.1, 0.15) is 5.82 Å². The molecule has 1 saturated heterocycles. The molecule has 2 N–H and O–H groups in total. The van der Waals surface area contributed by atoms with Crippen molar-refractivity contribution >= 4 is 40.0 Å². The number of fused-ring (bicyclic) bond motifs is 1. The van der Waals surface area contributed by atoms with E-state index in [1.807, 2.05) is 73.9 Å². The Morgan fingerprint density at radius 1 is 0.944 bits per heavy atom. The number of likely N-dealkylation sites (N-methyl/N-ethyl adjacent to an activating group) is 1. The van der Waals surface area contributed by atoms with Crippen LogP contribution in [0.2, 0.25) is 0 Å². The standard InChI is InChI=1S/C28H29N7O/c1-3-6-26(36)31-22-9-4-7-20(17-22)24-10-5-8-21-18-30-28(33-27(21)24)32-23-11-12-25(29-19-23)35-15-13-34(2)14-16-35/h3-12,17-19H,13-16H2,1-2H3,(H,31,36)(H,30,32,33)/b6-3+. The molecule has 1 aliphatic heterocycles. The van der Waals surface area contributed by atoms with Gasteiger partial charge in [0.2, 0.25) is 11.9 Å². The molecule has 1 aliphatic rings. The van der Waals surface area contributed by atoms with E-state index in [4.69, 9.17) is 4.98 Å². The van der Waals surface area contributed by atoms with Gasteiger partial charge >= 0.3 is 0 Å². The minimum atomic E-state index is -0.159. The van der Waals surface area contributed by atoms with E-state index in [-0.39, 0.29) is 5.91 Å². The highest BCUT2D eigenvalue weighted by molar-refractivity contribution is 6.00. The predicted octanol–water partition coefficient (Wildman–Crippen LogP) is 4.70. The first-order valence-corrected chi connectivity index (χ1v) is 12.1. The topological polar surface area (TPSA) is 86.3 Å². The van der Waals surface area contributed by atoms with Crippen molar-refractivity contribution < 1.29 is 4.79 Å². The number of carbonyl (C=O) groups excluding carboxylic acids is 1. The monoisotopic (exact) mass is 479 g/mol. The molecule has 2 aromatic carbocycles. The van der Waals surface area contributed by atoms with Gasteiger partial charge in [0.05, 0.1) is 17.4 Å². The summed E-state index contributed by atoms with van der Waals surface area (Å²) >= 11 is 0. The highest BCUT2D eigenvalue weighted by Crippen LogP contribution is 2.30. The summed E-state index contributed by atoms with van der Waals surface area (Å²) in [4.78, 5) is 30.6. The predicted molar refractivity (Wildman–Crippen MR) is 146 cm³/mol. The van der Waals surface area contributed by atoms with Crippen LogP contribution in [-0.4, -0.2) is 59.0 Å². The maximum Gasteiger partial charge on any atom is 0.248 e. The largest absolute Gasteiger partial charge is 0.354 e. The average Bonchev–Trinajstić information content (AvgIpc) is 2.89. The van der Waals surface area contributed by atoms with Crippen LogP contribution in [0, 0.1) is 0 Å². The Hall–Kier alpha value is -4.30. The summed E-state index contributed by atoms with van der Waals surface area (Å²) in [5.41, 5.74) is 4.31. The maximum absolute atomic E-state index is 12.0. The molecule has 0 spiro atoms. The fourth-order valence-electron chi connectivity index (χ4n) is 4.26. The van der Waals surface area contributed by atoms with E-state index >= 15 is 0 Å². The highest BCUT2D eigenvalue weighted by Gasteiger charge is 2.15. The number of pyridine rings is 1. The molecule has 0 saturated carbocycles. The highest BCUT2D eigenvalue weighted by atomic mass is 16.1. The lowest BCUT2D eigenvalue weighted by atomic mass is 10.0. The van der Waals surface area contributed by atoms with Gasteiger partial charge in [0.25, 0.3) is 0 Å². The van der Waals surface area contributed by atoms with E-state index in [9.17, 15) is 4.79 Å². The number of aromatic nitrogens is 3. The molecule has 3 heterocycles. The average molecular weight is 480 g/mol. The number of hydrogen-bond donors (Lipinski definition) is 2. The summed E-state index contributed by atoms with van der Waals surface area (Å²) in [5, 5.41) is 7.11. The van der Waals surface area contributed by atoms with Crippen molar-refractivity contribution in [3.63, 3.8) is 0 Å². The van der Waals surface area contributed by atoms with Crippen molar-refractivity contribution in [3.05, 3.63) is 79.1 Å². The van der Waals surface area contributed by atoms with E-state index in [1.54, 1.807) is 6.08 Å². The van der Waals surface area contributed by atoms with Crippen LogP contribution >= 0.6 is 0 Å². The SMILES string of the molecule is C/C=C/C(=O)Nc1cccc(-c2cccc3cnc(Nc4ccc(N5CCN(C)CC5)nc4)nc23)c1. The summed E-state index contributed by atoms with van der Waals surface area (Å²) < 4.78 is 0. The van der Waals surface area contributed by atoms with Crippen LogP contribution < -0.4 is 15.5 Å². The van der Waals surface area contributed by atoms with Crippen LogP contribution in [0.1, 0.15) is 6.92 Å². The number of carbonyl (C=O) groups is 1.